The number of benzene rings is 7. The molecular weight excluding hydrogens is 625 g/mol. The van der Waals surface area contributed by atoms with Crippen LogP contribution in [0, 0.1) is 13.8 Å². The molecule has 52 heavy (non-hydrogen) atoms. The first-order valence-electron chi connectivity index (χ1n) is 18.8. The molecule has 0 bridgehead atoms. The first-order chi connectivity index (χ1) is 25.2. The summed E-state index contributed by atoms with van der Waals surface area (Å²) < 4.78 is 0. The van der Waals surface area contributed by atoms with Crippen LogP contribution in [0.2, 0.25) is 0 Å². The van der Waals surface area contributed by atoms with Crippen LogP contribution in [0.15, 0.2) is 169 Å². The van der Waals surface area contributed by atoms with Crippen molar-refractivity contribution in [3.8, 4) is 44.5 Å². The Labute approximate surface area is 312 Å². The van der Waals surface area contributed by atoms with Gasteiger partial charge >= 0.3 is 0 Å². The van der Waals surface area contributed by atoms with Crippen molar-refractivity contribution in [3.63, 3.8) is 0 Å². The maximum Gasteiger partial charge on any atom is 0.0159 e. The van der Waals surface area contributed by atoms with Gasteiger partial charge in [0.15, 0.2) is 0 Å². The Balaban J connectivity index is 0.000000211. The number of hydrogen-bond acceptors (Lipinski definition) is 0. The summed E-state index contributed by atoms with van der Waals surface area (Å²) in [5.74, 6) is 0. The van der Waals surface area contributed by atoms with E-state index >= 15 is 0 Å². The topological polar surface area (TPSA) is 0 Å². The van der Waals surface area contributed by atoms with Crippen LogP contribution in [0.5, 0.6) is 0 Å². The van der Waals surface area contributed by atoms with Gasteiger partial charge in [-0.25, -0.2) is 0 Å². The lowest BCUT2D eigenvalue weighted by Crippen LogP contribution is -2.15. The monoisotopic (exact) mass is 676 g/mol. The highest BCUT2D eigenvalue weighted by Crippen LogP contribution is 2.49. The maximum absolute atomic E-state index is 2.40. The van der Waals surface area contributed by atoms with Gasteiger partial charge in [0.25, 0.3) is 0 Å². The average molecular weight is 677 g/mol. The third-order valence-corrected chi connectivity index (χ3v) is 10.5. The predicted molar refractivity (Wildman–Crippen MR) is 228 cm³/mol. The molecule has 0 heterocycles. The van der Waals surface area contributed by atoms with Crippen molar-refractivity contribution in [1.29, 1.82) is 0 Å². The molecule has 0 N–H and O–H groups in total. The van der Waals surface area contributed by atoms with E-state index in [1.807, 2.05) is 0 Å². The van der Waals surface area contributed by atoms with Crippen LogP contribution < -0.4 is 0 Å². The molecule has 1 aliphatic rings. The highest BCUT2D eigenvalue weighted by molar-refractivity contribution is 5.86. The Kier molecular flexibility index (Phi) is 11.4. The molecule has 1 aliphatic carbocycles. The summed E-state index contributed by atoms with van der Waals surface area (Å²) in [4.78, 5) is 0. The van der Waals surface area contributed by atoms with Crippen LogP contribution >= 0.6 is 0 Å². The molecule has 0 spiro atoms. The highest BCUT2D eigenvalue weighted by Gasteiger charge is 2.35. The average Bonchev–Trinajstić information content (AvgIpc) is 3.40. The molecule has 0 nitrogen and oxygen atoms in total. The van der Waals surface area contributed by atoms with Crippen LogP contribution in [0.3, 0.4) is 0 Å². The second-order valence-corrected chi connectivity index (χ2v) is 14.6. The van der Waals surface area contributed by atoms with E-state index in [9.17, 15) is 0 Å². The van der Waals surface area contributed by atoms with Crippen LogP contribution in [0.4, 0.5) is 0 Å². The molecule has 0 aliphatic heterocycles. The van der Waals surface area contributed by atoms with E-state index in [2.05, 4.69) is 212 Å². The number of aryl methyl sites for hydroxylation is 2. The quantitative estimate of drug-likeness (QED) is 0.159. The van der Waals surface area contributed by atoms with Gasteiger partial charge in [-0.1, -0.05) is 196 Å². The van der Waals surface area contributed by atoms with E-state index in [1.165, 1.54) is 95.9 Å². The Morgan fingerprint density at radius 1 is 0.519 bits per heavy atom. The minimum atomic E-state index is 0.0210. The first kappa shape index (κ1) is 36.3. The van der Waals surface area contributed by atoms with Crippen molar-refractivity contribution in [2.24, 2.45) is 0 Å². The van der Waals surface area contributed by atoms with Crippen molar-refractivity contribution >= 4 is 10.8 Å². The first-order valence-corrected chi connectivity index (χ1v) is 18.8. The van der Waals surface area contributed by atoms with Gasteiger partial charge in [0.05, 0.1) is 0 Å². The maximum atomic E-state index is 2.40. The summed E-state index contributed by atoms with van der Waals surface area (Å²) in [7, 11) is 0. The lowest BCUT2D eigenvalue weighted by molar-refractivity contribution is 0.660. The van der Waals surface area contributed by atoms with Gasteiger partial charge in [-0.3, -0.25) is 0 Å². The summed E-state index contributed by atoms with van der Waals surface area (Å²) in [5.41, 5.74) is 17.3. The molecule has 0 unspecified atom stereocenters. The molecule has 0 saturated heterocycles. The molecule has 0 aromatic heterocycles. The van der Waals surface area contributed by atoms with E-state index in [0.717, 1.165) is 0 Å². The van der Waals surface area contributed by atoms with E-state index in [0.29, 0.717) is 0 Å². The van der Waals surface area contributed by atoms with Crippen molar-refractivity contribution in [3.05, 3.63) is 192 Å². The largest absolute Gasteiger partial charge is 0.0887 e. The van der Waals surface area contributed by atoms with Gasteiger partial charge in [-0.05, 0) is 112 Å². The van der Waals surface area contributed by atoms with Crippen LogP contribution in [0.1, 0.15) is 69.7 Å². The minimum absolute atomic E-state index is 0.0210. The number of rotatable bonds is 5. The van der Waals surface area contributed by atoms with Gasteiger partial charge in [0, 0.05) is 5.41 Å². The fraction of sp³-hybridized carbons (Fsp3) is 0.192. The van der Waals surface area contributed by atoms with Crippen molar-refractivity contribution in [2.75, 3.05) is 0 Å². The lowest BCUT2D eigenvalue weighted by Gasteiger charge is -2.22. The third kappa shape index (κ3) is 8.03. The molecule has 0 amide bonds. The Morgan fingerprint density at radius 2 is 1.00 bits per heavy atom. The summed E-state index contributed by atoms with van der Waals surface area (Å²) in [6.07, 6.45) is 4.70. The van der Waals surface area contributed by atoms with Gasteiger partial charge in [-0.15, -0.1) is 0 Å². The lowest BCUT2D eigenvalue weighted by atomic mass is 9.81. The Hall–Kier alpha value is -5.46. The number of allylic oxidation sites excluding steroid dienone is 2. The summed E-state index contributed by atoms with van der Waals surface area (Å²) in [5, 5.41) is 2.68. The smallest absolute Gasteiger partial charge is 0.0159 e. The summed E-state index contributed by atoms with van der Waals surface area (Å²) in [6, 6.07) is 57.0. The van der Waals surface area contributed by atoms with Gasteiger partial charge < -0.3 is 0 Å². The molecule has 7 aromatic rings. The number of hydrogen-bond donors (Lipinski definition) is 0. The molecule has 0 saturated carbocycles. The fourth-order valence-electron chi connectivity index (χ4n) is 7.30. The van der Waals surface area contributed by atoms with Crippen LogP contribution in [-0.2, 0) is 5.41 Å². The van der Waals surface area contributed by atoms with Gasteiger partial charge in [0.2, 0.25) is 0 Å². The molecule has 0 atom stereocenters. The second-order valence-electron chi connectivity index (χ2n) is 14.6. The van der Waals surface area contributed by atoms with Gasteiger partial charge in [0.1, 0.15) is 0 Å². The molecular formula is C52H52. The van der Waals surface area contributed by atoms with Crippen molar-refractivity contribution in [2.45, 2.75) is 66.7 Å². The van der Waals surface area contributed by atoms with Crippen LogP contribution in [-0.4, -0.2) is 0 Å². The van der Waals surface area contributed by atoms with E-state index in [4.69, 9.17) is 0 Å². The fourth-order valence-corrected chi connectivity index (χ4v) is 7.30. The van der Waals surface area contributed by atoms with E-state index in [-0.39, 0.29) is 5.41 Å². The third-order valence-electron chi connectivity index (χ3n) is 10.5. The van der Waals surface area contributed by atoms with Gasteiger partial charge in [-0.2, -0.15) is 0 Å². The zero-order valence-electron chi connectivity index (χ0n) is 32.0. The molecule has 0 heteroatoms. The number of fused-ring (bicyclic) bond motifs is 4. The van der Waals surface area contributed by atoms with Crippen LogP contribution in [0.25, 0.3) is 55.3 Å². The highest BCUT2D eigenvalue weighted by atomic mass is 14.4. The summed E-state index contributed by atoms with van der Waals surface area (Å²) in [6.45, 7) is 15.5. The standard InChI is InChI=1S/C34H28.C11H10.C7H14/c1-23-9-19-30-31-20-18-29(22-33(31)34(2,3)32(30)21-23)28-16-14-27(15-17-28)26-12-10-25(11-13-26)24-7-5-4-6-8-24;1-9-5-4-7-10-6-2-3-8-11(9)10;1-4-6-7(3)5-2/h4-22H,1-3H3;2-8H,1H3;5H,4,6H2,1-3H3/b;;7-5+. The molecule has 7 aromatic carbocycles. The van der Waals surface area contributed by atoms with Crippen molar-refractivity contribution in [1.82, 2.24) is 0 Å². The SMILES string of the molecule is C/C=C(\C)CCC.Cc1ccc2c(c1)C(C)(C)c1cc(-c3ccc(-c4ccc(-c5ccccc5)cc4)cc3)ccc1-2.Cc1cccc2ccccc12. The zero-order chi connectivity index (χ0) is 36.7. The normalized spacial score (nSPS) is 12.6. The zero-order valence-corrected chi connectivity index (χ0v) is 32.0. The molecule has 0 radical (unpaired) electrons. The summed E-state index contributed by atoms with van der Waals surface area (Å²) >= 11 is 0. The predicted octanol–water partition coefficient (Wildman–Crippen LogP) is 15.2. The van der Waals surface area contributed by atoms with Crippen molar-refractivity contribution < 1.29 is 0 Å². The second kappa shape index (κ2) is 16.3. The molecule has 8 rings (SSSR count). The Morgan fingerprint density at radius 3 is 1.56 bits per heavy atom. The minimum Gasteiger partial charge on any atom is -0.0887 e. The molecule has 260 valence electrons. The Bertz CT molecular complexity index is 2280. The molecule has 0 fully saturated rings. The van der Waals surface area contributed by atoms with E-state index < -0.39 is 0 Å². The van der Waals surface area contributed by atoms with E-state index in [1.54, 1.807) is 0 Å².